The average molecular weight is 654 g/mol. The lowest BCUT2D eigenvalue weighted by molar-refractivity contribution is -0.123. The molecule has 0 radical (unpaired) electrons. The molecule has 0 aliphatic rings. The van der Waals surface area contributed by atoms with E-state index >= 15 is 0 Å². The minimum Gasteiger partial charge on any atom is -0.394 e. The van der Waals surface area contributed by atoms with Gasteiger partial charge < -0.3 is 15.5 Å². The molecule has 0 spiro atoms. The summed E-state index contributed by atoms with van der Waals surface area (Å²) in [6.07, 6.45) is 54.2. The van der Waals surface area contributed by atoms with Crippen LogP contribution in [0, 0.1) is 0 Å². The minimum absolute atomic E-state index is 0.0462. The molecule has 0 aliphatic heterocycles. The normalized spacial score (nSPS) is 13.9. The molecule has 0 rings (SSSR count). The number of aliphatic hydroxyl groups excluding tert-OH is 2. The second kappa shape index (κ2) is 38.3. The highest BCUT2D eigenvalue weighted by Gasteiger charge is 2.19. The van der Waals surface area contributed by atoms with Crippen LogP contribution < -0.4 is 5.32 Å². The van der Waals surface area contributed by atoms with Gasteiger partial charge in [0.25, 0.3) is 0 Å². The van der Waals surface area contributed by atoms with Crippen molar-refractivity contribution in [1.29, 1.82) is 0 Å². The fourth-order valence-electron chi connectivity index (χ4n) is 5.48. The van der Waals surface area contributed by atoms with E-state index in [9.17, 15) is 15.0 Å². The number of nitrogens with one attached hydrogen (secondary N) is 1. The second-order valence-corrected chi connectivity index (χ2v) is 13.0. The first kappa shape index (κ1) is 44.8. The van der Waals surface area contributed by atoms with Crippen LogP contribution >= 0.6 is 0 Å². The summed E-state index contributed by atoms with van der Waals surface area (Å²) in [5.41, 5.74) is 0. The van der Waals surface area contributed by atoms with Crippen LogP contribution in [-0.2, 0) is 4.79 Å². The van der Waals surface area contributed by atoms with Gasteiger partial charge in [-0.15, -0.1) is 0 Å². The molecule has 0 aromatic rings. The molecule has 0 aromatic carbocycles. The summed E-state index contributed by atoms with van der Waals surface area (Å²) in [6.45, 7) is 4.17. The lowest BCUT2D eigenvalue weighted by Gasteiger charge is -2.22. The van der Waals surface area contributed by atoms with Crippen molar-refractivity contribution in [3.8, 4) is 0 Å². The molecule has 0 saturated heterocycles. The van der Waals surface area contributed by atoms with E-state index in [1.165, 1.54) is 83.5 Å². The molecule has 0 aromatic heterocycles. The number of hydrogen-bond donors (Lipinski definition) is 3. The number of aliphatic hydroxyl groups is 2. The SMILES string of the molecule is CC/C=C\C/C=C\C/C=C\C/C=C\C/C=C\C/C=C\CCCCCCCCCCCCC(=O)NC(CO)C(O)CCCCCCCC. The Hall–Kier alpha value is -2.17. The average Bonchev–Trinajstić information content (AvgIpc) is 3.07. The van der Waals surface area contributed by atoms with Crippen LogP contribution in [0.2, 0.25) is 0 Å². The lowest BCUT2D eigenvalue weighted by atomic mass is 10.0. The van der Waals surface area contributed by atoms with Gasteiger partial charge in [0.15, 0.2) is 0 Å². The Balaban J connectivity index is 3.54. The number of amides is 1. The van der Waals surface area contributed by atoms with Gasteiger partial charge in [0, 0.05) is 6.42 Å². The summed E-state index contributed by atoms with van der Waals surface area (Å²) >= 11 is 0. The van der Waals surface area contributed by atoms with Gasteiger partial charge in [0.05, 0.1) is 18.8 Å². The van der Waals surface area contributed by atoms with E-state index in [4.69, 9.17) is 0 Å². The van der Waals surface area contributed by atoms with Crippen LogP contribution in [0.25, 0.3) is 0 Å². The molecule has 0 saturated carbocycles. The number of carbonyl (C=O) groups excluding carboxylic acids is 1. The smallest absolute Gasteiger partial charge is 0.220 e. The highest BCUT2D eigenvalue weighted by Crippen LogP contribution is 2.13. The lowest BCUT2D eigenvalue weighted by Crippen LogP contribution is -2.45. The summed E-state index contributed by atoms with van der Waals surface area (Å²) in [6, 6.07) is -0.538. The fraction of sp³-hybridized carbons (Fsp3) is 0.698. The van der Waals surface area contributed by atoms with Crippen molar-refractivity contribution in [3.63, 3.8) is 0 Å². The summed E-state index contributed by atoms with van der Waals surface area (Å²) in [5, 5.41) is 22.8. The van der Waals surface area contributed by atoms with Gasteiger partial charge in [-0.05, 0) is 64.2 Å². The van der Waals surface area contributed by atoms with Crippen molar-refractivity contribution in [2.45, 2.75) is 187 Å². The Kier molecular flexibility index (Phi) is 36.5. The third kappa shape index (κ3) is 35.0. The molecular formula is C43H75NO3. The van der Waals surface area contributed by atoms with E-state index < -0.39 is 12.1 Å². The first-order chi connectivity index (χ1) is 23.2. The zero-order chi connectivity index (χ0) is 34.3. The molecule has 0 bridgehead atoms. The summed E-state index contributed by atoms with van der Waals surface area (Å²) < 4.78 is 0. The van der Waals surface area contributed by atoms with Crippen LogP contribution in [0.1, 0.15) is 174 Å². The molecular weight excluding hydrogens is 578 g/mol. The zero-order valence-corrected chi connectivity index (χ0v) is 30.8. The molecule has 47 heavy (non-hydrogen) atoms. The first-order valence-corrected chi connectivity index (χ1v) is 19.6. The fourth-order valence-corrected chi connectivity index (χ4v) is 5.48. The molecule has 2 unspecified atom stereocenters. The van der Waals surface area contributed by atoms with Crippen LogP contribution in [0.4, 0.5) is 0 Å². The second-order valence-electron chi connectivity index (χ2n) is 13.0. The molecule has 2 atom stereocenters. The summed E-state index contributed by atoms with van der Waals surface area (Å²) in [4.78, 5) is 12.3. The van der Waals surface area contributed by atoms with Crippen LogP contribution in [0.3, 0.4) is 0 Å². The number of hydrogen-bond acceptors (Lipinski definition) is 3. The van der Waals surface area contributed by atoms with Crippen molar-refractivity contribution in [2.75, 3.05) is 6.61 Å². The monoisotopic (exact) mass is 654 g/mol. The van der Waals surface area contributed by atoms with E-state index in [0.29, 0.717) is 12.8 Å². The number of unbranched alkanes of at least 4 members (excludes halogenated alkanes) is 15. The molecule has 3 N–H and O–H groups in total. The van der Waals surface area contributed by atoms with Gasteiger partial charge >= 0.3 is 0 Å². The maximum atomic E-state index is 12.3. The molecule has 4 heteroatoms. The molecule has 270 valence electrons. The van der Waals surface area contributed by atoms with Gasteiger partial charge in [-0.25, -0.2) is 0 Å². The highest BCUT2D eigenvalue weighted by molar-refractivity contribution is 5.76. The summed E-state index contributed by atoms with van der Waals surface area (Å²) in [7, 11) is 0. The Bertz CT molecular complexity index is 838. The van der Waals surface area contributed by atoms with Crippen molar-refractivity contribution in [1.82, 2.24) is 5.32 Å². The Labute approximate surface area is 291 Å². The quantitative estimate of drug-likeness (QED) is 0.0478. The molecule has 0 aliphatic carbocycles. The molecule has 1 amide bonds. The Morgan fingerprint density at radius 2 is 0.936 bits per heavy atom. The maximum Gasteiger partial charge on any atom is 0.220 e. The van der Waals surface area contributed by atoms with Gasteiger partial charge in [-0.2, -0.15) is 0 Å². The molecule has 0 fully saturated rings. The Morgan fingerprint density at radius 1 is 0.532 bits per heavy atom. The largest absolute Gasteiger partial charge is 0.394 e. The number of rotatable bonds is 34. The van der Waals surface area contributed by atoms with Gasteiger partial charge in [0.2, 0.25) is 5.91 Å². The third-order valence-corrected chi connectivity index (χ3v) is 8.48. The van der Waals surface area contributed by atoms with E-state index in [-0.39, 0.29) is 12.5 Å². The first-order valence-electron chi connectivity index (χ1n) is 19.6. The van der Waals surface area contributed by atoms with E-state index in [0.717, 1.165) is 64.2 Å². The number of carbonyl (C=O) groups is 1. The predicted molar refractivity (Wildman–Crippen MR) is 207 cm³/mol. The van der Waals surface area contributed by atoms with E-state index in [1.54, 1.807) is 0 Å². The summed E-state index contributed by atoms with van der Waals surface area (Å²) in [5.74, 6) is -0.0462. The van der Waals surface area contributed by atoms with E-state index in [1.807, 2.05) is 0 Å². The third-order valence-electron chi connectivity index (χ3n) is 8.48. The zero-order valence-electron chi connectivity index (χ0n) is 30.8. The van der Waals surface area contributed by atoms with Crippen LogP contribution in [-0.4, -0.2) is 34.9 Å². The van der Waals surface area contributed by atoms with Crippen LogP contribution in [0.15, 0.2) is 72.9 Å². The maximum absolute atomic E-state index is 12.3. The highest BCUT2D eigenvalue weighted by atomic mass is 16.3. The minimum atomic E-state index is -0.660. The number of allylic oxidation sites excluding steroid dienone is 12. The van der Waals surface area contributed by atoms with Crippen molar-refractivity contribution in [2.24, 2.45) is 0 Å². The molecule has 0 heterocycles. The van der Waals surface area contributed by atoms with Crippen molar-refractivity contribution >= 4 is 5.91 Å². The Morgan fingerprint density at radius 3 is 1.40 bits per heavy atom. The van der Waals surface area contributed by atoms with Crippen molar-refractivity contribution in [3.05, 3.63) is 72.9 Å². The predicted octanol–water partition coefficient (Wildman–Crippen LogP) is 12.0. The van der Waals surface area contributed by atoms with Gasteiger partial charge in [0.1, 0.15) is 0 Å². The molecule has 4 nitrogen and oxygen atoms in total. The van der Waals surface area contributed by atoms with Crippen LogP contribution in [0.5, 0.6) is 0 Å². The van der Waals surface area contributed by atoms with Gasteiger partial charge in [-0.1, -0.05) is 177 Å². The van der Waals surface area contributed by atoms with E-state index in [2.05, 4.69) is 92.1 Å². The topological polar surface area (TPSA) is 69.6 Å². The standard InChI is InChI=1S/C43H75NO3/c1-3-5-7-9-11-12-13-14-15-16-17-18-19-20-21-22-23-24-25-26-27-28-29-30-31-32-33-35-37-39-43(47)44-41(40-45)42(46)38-36-34-10-8-6-4-2/h5,7,11-12,14-15,17-18,20-21,23-24,41-42,45-46H,3-4,6,8-10,13,16,19,22,25-40H2,1-2H3,(H,44,47)/b7-5-,12-11-,15-14-,18-17-,21-20-,24-23-. The van der Waals surface area contributed by atoms with Crippen molar-refractivity contribution < 1.29 is 15.0 Å². The van der Waals surface area contributed by atoms with Gasteiger partial charge in [-0.3, -0.25) is 4.79 Å².